The summed E-state index contributed by atoms with van der Waals surface area (Å²) >= 11 is 0. The van der Waals surface area contributed by atoms with Gasteiger partial charge in [-0.2, -0.15) is 5.21 Å². The lowest BCUT2D eigenvalue weighted by atomic mass is 9.79. The molecule has 1 aromatic heterocycles. The average molecular weight is 409 g/mol. The minimum atomic E-state index is -0.337. The van der Waals surface area contributed by atoms with E-state index >= 15 is 0 Å². The molecule has 1 amide bonds. The summed E-state index contributed by atoms with van der Waals surface area (Å²) in [6.07, 6.45) is 0. The number of amides is 1. The van der Waals surface area contributed by atoms with Gasteiger partial charge in [-0.25, -0.2) is 0 Å². The molecule has 158 valence electrons. The van der Waals surface area contributed by atoms with Gasteiger partial charge in [0, 0.05) is 28.1 Å². The molecule has 0 aliphatic rings. The number of phenolic OH excluding ortho intramolecular Hbond substituents is 1. The van der Waals surface area contributed by atoms with E-state index < -0.39 is 0 Å². The molecule has 2 aromatic carbocycles. The van der Waals surface area contributed by atoms with Crippen molar-refractivity contribution in [3.63, 3.8) is 0 Å². The maximum Gasteiger partial charge on any atom is 0.270 e. The molecule has 3 rings (SSSR count). The van der Waals surface area contributed by atoms with E-state index in [1.54, 1.807) is 18.2 Å². The second kappa shape index (κ2) is 7.78. The number of hydrogen-bond donors (Lipinski definition) is 4. The first kappa shape index (κ1) is 21.3. The van der Waals surface area contributed by atoms with E-state index in [0.717, 1.165) is 22.5 Å². The number of carbonyl (C=O) groups is 1. The highest BCUT2D eigenvalue weighted by molar-refractivity contribution is 6.03. The van der Waals surface area contributed by atoms with Crippen molar-refractivity contribution in [3.8, 4) is 5.75 Å². The molecule has 30 heavy (non-hydrogen) atoms. The molecular weight excluding hydrogens is 380 g/mol. The van der Waals surface area contributed by atoms with Gasteiger partial charge < -0.3 is 10.4 Å². The van der Waals surface area contributed by atoms with Crippen molar-refractivity contribution in [2.24, 2.45) is 0 Å². The van der Waals surface area contributed by atoms with Gasteiger partial charge in [-0.1, -0.05) is 52.7 Å². The van der Waals surface area contributed by atoms with Gasteiger partial charge >= 0.3 is 0 Å². The number of phenols is 1. The molecule has 0 spiro atoms. The number of carbonyl (C=O) groups excluding carboxylic acids is 1. The molecule has 0 unspecified atom stereocenters. The van der Waals surface area contributed by atoms with E-state index in [1.165, 1.54) is 0 Å². The summed E-state index contributed by atoms with van der Waals surface area (Å²) in [5.41, 5.74) is 3.32. The van der Waals surface area contributed by atoms with E-state index in [1.807, 2.05) is 18.2 Å². The van der Waals surface area contributed by atoms with Crippen molar-refractivity contribution in [1.29, 1.82) is 0 Å². The van der Waals surface area contributed by atoms with Crippen molar-refractivity contribution in [3.05, 3.63) is 53.1 Å². The standard InChI is InChI=1S/C22H28N6O2/c1-21(2,3)16-11-15(12-17(18(16)29)22(4,5)6)23-14-9-7-8-13(10-14)19(30)24-20-25-27-28-26-20/h7-12,23,29H,1-6H3,(H2,24,25,26,27,28,30). The summed E-state index contributed by atoms with van der Waals surface area (Å²) in [7, 11) is 0. The van der Waals surface area contributed by atoms with E-state index in [2.05, 4.69) is 72.8 Å². The Bertz CT molecular complexity index is 1010. The van der Waals surface area contributed by atoms with Gasteiger partial charge in [-0.05, 0) is 46.4 Å². The summed E-state index contributed by atoms with van der Waals surface area (Å²) in [6, 6.07) is 11.0. The highest BCUT2D eigenvalue weighted by Crippen LogP contribution is 2.41. The Morgan fingerprint density at radius 2 is 1.60 bits per heavy atom. The molecule has 8 heteroatoms. The quantitative estimate of drug-likeness (QED) is 0.473. The summed E-state index contributed by atoms with van der Waals surface area (Å²) in [4.78, 5) is 12.4. The maximum atomic E-state index is 12.4. The van der Waals surface area contributed by atoms with Gasteiger partial charge in [0.05, 0.1) is 0 Å². The number of aromatic hydroxyl groups is 1. The monoisotopic (exact) mass is 408 g/mol. The first-order valence-corrected chi connectivity index (χ1v) is 9.75. The topological polar surface area (TPSA) is 116 Å². The van der Waals surface area contributed by atoms with Crippen LogP contribution >= 0.6 is 0 Å². The highest BCUT2D eigenvalue weighted by Gasteiger charge is 2.26. The molecule has 3 aromatic rings. The fourth-order valence-corrected chi connectivity index (χ4v) is 3.14. The second-order valence-corrected chi connectivity index (χ2v) is 9.32. The zero-order valence-electron chi connectivity index (χ0n) is 18.2. The fourth-order valence-electron chi connectivity index (χ4n) is 3.14. The minimum Gasteiger partial charge on any atom is -0.507 e. The normalized spacial score (nSPS) is 11.9. The number of nitrogens with zero attached hydrogens (tertiary/aromatic N) is 3. The van der Waals surface area contributed by atoms with Gasteiger partial charge in [0.15, 0.2) is 0 Å². The van der Waals surface area contributed by atoms with Crippen LogP contribution in [0, 0.1) is 0 Å². The number of aromatic amines is 1. The largest absolute Gasteiger partial charge is 0.507 e. The van der Waals surface area contributed by atoms with Crippen LogP contribution in [-0.2, 0) is 10.8 Å². The van der Waals surface area contributed by atoms with E-state index in [-0.39, 0.29) is 22.7 Å². The van der Waals surface area contributed by atoms with Crippen LogP contribution in [0.5, 0.6) is 5.75 Å². The van der Waals surface area contributed by atoms with Gasteiger partial charge in [0.2, 0.25) is 0 Å². The summed E-state index contributed by atoms with van der Waals surface area (Å²) in [6.45, 7) is 12.4. The van der Waals surface area contributed by atoms with Crippen molar-refractivity contribution >= 4 is 23.2 Å². The molecule has 0 aliphatic carbocycles. The molecule has 0 atom stereocenters. The molecular formula is C22H28N6O2. The van der Waals surface area contributed by atoms with Crippen molar-refractivity contribution in [2.75, 3.05) is 10.6 Å². The van der Waals surface area contributed by atoms with Crippen LogP contribution in [0.15, 0.2) is 36.4 Å². The molecule has 0 fully saturated rings. The number of aromatic nitrogens is 4. The Kier molecular flexibility index (Phi) is 5.52. The zero-order valence-corrected chi connectivity index (χ0v) is 18.2. The third-order valence-corrected chi connectivity index (χ3v) is 4.71. The minimum absolute atomic E-state index is 0.113. The van der Waals surface area contributed by atoms with Crippen LogP contribution in [0.1, 0.15) is 63.0 Å². The number of H-pyrrole nitrogens is 1. The molecule has 0 saturated carbocycles. The van der Waals surface area contributed by atoms with E-state index in [9.17, 15) is 9.90 Å². The third kappa shape index (κ3) is 4.76. The SMILES string of the molecule is CC(C)(C)c1cc(Nc2cccc(C(=O)Nc3nn[nH]n3)c2)cc(C(C)(C)C)c1O. The van der Waals surface area contributed by atoms with Crippen LogP contribution in [0.25, 0.3) is 0 Å². The lowest BCUT2D eigenvalue weighted by Gasteiger charge is -2.28. The number of rotatable bonds is 4. The number of hydrogen-bond acceptors (Lipinski definition) is 6. The van der Waals surface area contributed by atoms with E-state index in [0.29, 0.717) is 11.3 Å². The Labute approximate surface area is 176 Å². The first-order valence-electron chi connectivity index (χ1n) is 9.75. The molecule has 0 saturated heterocycles. The lowest BCUT2D eigenvalue weighted by molar-refractivity contribution is 0.102. The van der Waals surface area contributed by atoms with Crippen LogP contribution < -0.4 is 10.6 Å². The molecule has 4 N–H and O–H groups in total. The highest BCUT2D eigenvalue weighted by atomic mass is 16.3. The molecule has 0 bridgehead atoms. The van der Waals surface area contributed by atoms with Crippen molar-refractivity contribution < 1.29 is 9.90 Å². The molecule has 0 aliphatic heterocycles. The van der Waals surface area contributed by atoms with Crippen LogP contribution in [0.4, 0.5) is 17.3 Å². The van der Waals surface area contributed by atoms with Crippen LogP contribution in [0.2, 0.25) is 0 Å². The number of tetrazole rings is 1. The van der Waals surface area contributed by atoms with Crippen molar-refractivity contribution in [1.82, 2.24) is 20.6 Å². The van der Waals surface area contributed by atoms with Gasteiger partial charge in [0.25, 0.3) is 11.9 Å². The second-order valence-electron chi connectivity index (χ2n) is 9.32. The molecule has 8 nitrogen and oxygen atoms in total. The lowest BCUT2D eigenvalue weighted by Crippen LogP contribution is -2.17. The smallest absolute Gasteiger partial charge is 0.270 e. The number of nitrogens with one attached hydrogen (secondary N) is 3. The van der Waals surface area contributed by atoms with Gasteiger partial charge in [-0.15, -0.1) is 5.10 Å². The average Bonchev–Trinajstić information content (AvgIpc) is 3.14. The first-order chi connectivity index (χ1) is 13.9. The van der Waals surface area contributed by atoms with Gasteiger partial charge in [-0.3, -0.25) is 10.1 Å². The predicted molar refractivity (Wildman–Crippen MR) is 117 cm³/mol. The Morgan fingerprint density at radius 3 is 2.13 bits per heavy atom. The summed E-state index contributed by atoms with van der Waals surface area (Å²) < 4.78 is 0. The number of benzene rings is 2. The zero-order chi connectivity index (χ0) is 22.1. The molecule has 1 heterocycles. The third-order valence-electron chi connectivity index (χ3n) is 4.71. The van der Waals surface area contributed by atoms with Gasteiger partial charge in [0.1, 0.15) is 5.75 Å². The Balaban J connectivity index is 1.93. The maximum absolute atomic E-state index is 12.4. The van der Waals surface area contributed by atoms with Crippen LogP contribution in [0.3, 0.4) is 0 Å². The summed E-state index contributed by atoms with van der Waals surface area (Å²) in [5, 5.41) is 30.0. The number of anilines is 3. The predicted octanol–water partition coefficient (Wildman–Crippen LogP) is 4.50. The fraction of sp³-hybridized carbons (Fsp3) is 0.364. The Morgan fingerprint density at radius 1 is 0.967 bits per heavy atom. The van der Waals surface area contributed by atoms with E-state index in [4.69, 9.17) is 0 Å². The molecule has 0 radical (unpaired) electrons. The Hall–Kier alpha value is -3.42. The van der Waals surface area contributed by atoms with Crippen molar-refractivity contribution in [2.45, 2.75) is 52.4 Å². The summed E-state index contributed by atoms with van der Waals surface area (Å²) in [5.74, 6) is 0.104. The van der Waals surface area contributed by atoms with Crippen LogP contribution in [-0.4, -0.2) is 31.6 Å².